The van der Waals surface area contributed by atoms with Crippen LogP contribution >= 0.6 is 0 Å². The third-order valence-corrected chi connectivity index (χ3v) is 6.03. The Morgan fingerprint density at radius 3 is 2.30 bits per heavy atom. The molecular weight excluding hydrogens is 402 g/mol. The van der Waals surface area contributed by atoms with Crippen molar-refractivity contribution < 1.29 is 0 Å². The molecule has 0 aliphatic carbocycles. The number of anilines is 1. The van der Waals surface area contributed by atoms with Crippen LogP contribution in [0.5, 0.6) is 0 Å². The summed E-state index contributed by atoms with van der Waals surface area (Å²) >= 11 is 0. The first-order valence-corrected chi connectivity index (χ1v) is 10.9. The minimum Gasteiger partial charge on any atom is -0.361 e. The number of allylic oxidation sites excluding steroid dienone is 7. The summed E-state index contributed by atoms with van der Waals surface area (Å²) in [6.45, 7) is 10.7. The summed E-state index contributed by atoms with van der Waals surface area (Å²) in [5.74, 6) is 0. The van der Waals surface area contributed by atoms with E-state index in [9.17, 15) is 0 Å². The predicted molar refractivity (Wildman–Crippen MR) is 143 cm³/mol. The summed E-state index contributed by atoms with van der Waals surface area (Å²) < 4.78 is 2.13. The number of nitrogens with one attached hydrogen (secondary N) is 2. The van der Waals surface area contributed by atoms with Gasteiger partial charge in [0.15, 0.2) is 0 Å². The molecule has 3 heteroatoms. The molecule has 0 atom stereocenters. The molecule has 160 valence electrons. The number of rotatable bonds is 4. The first-order valence-electron chi connectivity index (χ1n) is 10.9. The highest BCUT2D eigenvalue weighted by atomic mass is 15.0. The van der Waals surface area contributed by atoms with Crippen molar-refractivity contribution in [1.82, 2.24) is 4.57 Å². The van der Waals surface area contributed by atoms with Crippen molar-refractivity contribution in [3.05, 3.63) is 127 Å². The Bertz CT molecular complexity index is 1490. The molecule has 1 aliphatic heterocycles. The minimum atomic E-state index is 0.753. The van der Waals surface area contributed by atoms with E-state index in [-0.39, 0.29) is 0 Å². The number of fused-ring (bicyclic) bond motifs is 4. The molecule has 0 saturated heterocycles. The fourth-order valence-corrected chi connectivity index (χ4v) is 4.42. The quantitative estimate of drug-likeness (QED) is 0.254. The number of hydrogen-bond donors (Lipinski definition) is 2. The first kappa shape index (κ1) is 20.5. The summed E-state index contributed by atoms with van der Waals surface area (Å²) in [6.07, 6.45) is 9.34. The molecule has 2 N–H and O–H groups in total. The van der Waals surface area contributed by atoms with Gasteiger partial charge in [0.05, 0.1) is 16.7 Å². The summed E-state index contributed by atoms with van der Waals surface area (Å²) in [6, 6.07) is 22.9. The molecule has 0 radical (unpaired) electrons. The van der Waals surface area contributed by atoms with Crippen LogP contribution in [0.15, 0.2) is 115 Å². The number of hydrogen-bond acceptors (Lipinski definition) is 2. The lowest BCUT2D eigenvalue weighted by molar-refractivity contribution is 1.25. The second kappa shape index (κ2) is 8.29. The van der Waals surface area contributed by atoms with Crippen LogP contribution in [0.25, 0.3) is 33.1 Å². The van der Waals surface area contributed by atoms with Crippen LogP contribution in [0.1, 0.15) is 11.1 Å². The molecule has 1 aromatic heterocycles. The second-order valence-electron chi connectivity index (χ2n) is 8.26. The first-order chi connectivity index (χ1) is 16.1. The molecule has 3 aromatic carbocycles. The Morgan fingerprint density at radius 2 is 1.64 bits per heavy atom. The number of nitrogens with zero attached hydrogens (tertiary/aromatic N) is 1. The Labute approximate surface area is 193 Å². The van der Waals surface area contributed by atoms with Crippen molar-refractivity contribution in [2.75, 3.05) is 5.32 Å². The molecule has 0 spiro atoms. The second-order valence-corrected chi connectivity index (χ2v) is 8.26. The van der Waals surface area contributed by atoms with E-state index >= 15 is 0 Å². The highest BCUT2D eigenvalue weighted by Crippen LogP contribution is 2.33. The molecular formula is C30H25N3. The van der Waals surface area contributed by atoms with Gasteiger partial charge in [-0.2, -0.15) is 0 Å². The third-order valence-electron chi connectivity index (χ3n) is 6.03. The molecule has 0 bridgehead atoms. The number of aromatic nitrogens is 1. The van der Waals surface area contributed by atoms with E-state index in [2.05, 4.69) is 78.5 Å². The Hall–Kier alpha value is -4.37. The standard InChI is InChI=1S/C30H25N3/c1-20-12-13-28-27(16-20)22(3)17-23(14-15-32-28)21(2)18-24(19-31)33-29-10-6-4-8-25(29)26-9-5-7-11-30(26)33/h4-19,31-32H,2-3H2,1H3/b15-14-,23-17+,24-18+,31-19?. The monoisotopic (exact) mass is 427 g/mol. The summed E-state index contributed by atoms with van der Waals surface area (Å²) in [5, 5.41) is 13.9. The van der Waals surface area contributed by atoms with Crippen molar-refractivity contribution in [3.63, 3.8) is 0 Å². The maximum Gasteiger partial charge on any atom is 0.0643 e. The van der Waals surface area contributed by atoms with Gasteiger partial charge in [-0.05, 0) is 66.1 Å². The van der Waals surface area contributed by atoms with E-state index in [1.165, 1.54) is 22.6 Å². The Morgan fingerprint density at radius 1 is 0.970 bits per heavy atom. The highest BCUT2D eigenvalue weighted by molar-refractivity contribution is 6.15. The fourth-order valence-electron chi connectivity index (χ4n) is 4.42. The molecule has 0 amide bonds. The van der Waals surface area contributed by atoms with Crippen molar-refractivity contribution in [2.45, 2.75) is 6.92 Å². The summed E-state index contributed by atoms with van der Waals surface area (Å²) in [4.78, 5) is 0. The van der Waals surface area contributed by atoms with Gasteiger partial charge >= 0.3 is 0 Å². The van der Waals surface area contributed by atoms with Gasteiger partial charge in [-0.3, -0.25) is 0 Å². The van der Waals surface area contributed by atoms with Gasteiger partial charge in [0.25, 0.3) is 0 Å². The van der Waals surface area contributed by atoms with Gasteiger partial charge in [-0.1, -0.05) is 61.2 Å². The van der Waals surface area contributed by atoms with Gasteiger partial charge in [-0.15, -0.1) is 0 Å². The number of benzene rings is 3. The minimum absolute atomic E-state index is 0.753. The molecule has 1 aliphatic rings. The van der Waals surface area contributed by atoms with E-state index in [1.807, 2.05) is 42.6 Å². The molecule has 0 fully saturated rings. The van der Waals surface area contributed by atoms with Crippen LogP contribution < -0.4 is 5.32 Å². The molecule has 2 heterocycles. The SMILES string of the molecule is C=C(/C=C(\C=N)n1c2ccccc2c2ccccc21)C1=C/C(=C)c2cc(C)ccc2N/C=C\1. The van der Waals surface area contributed by atoms with Crippen LogP contribution in [0.4, 0.5) is 5.69 Å². The summed E-state index contributed by atoms with van der Waals surface area (Å²) in [5.41, 5.74) is 8.86. The van der Waals surface area contributed by atoms with E-state index in [0.717, 1.165) is 44.7 Å². The van der Waals surface area contributed by atoms with Crippen LogP contribution in [0.2, 0.25) is 0 Å². The molecule has 0 unspecified atom stereocenters. The lowest BCUT2D eigenvalue weighted by Gasteiger charge is -2.16. The third kappa shape index (κ3) is 3.64. The van der Waals surface area contributed by atoms with Crippen molar-refractivity contribution in [3.8, 4) is 0 Å². The number of para-hydroxylation sites is 2. The molecule has 5 rings (SSSR count). The summed E-state index contributed by atoms with van der Waals surface area (Å²) in [7, 11) is 0. The van der Waals surface area contributed by atoms with Gasteiger partial charge in [0, 0.05) is 34.4 Å². The van der Waals surface area contributed by atoms with E-state index in [1.54, 1.807) is 0 Å². The van der Waals surface area contributed by atoms with Crippen molar-refractivity contribution in [1.29, 1.82) is 5.41 Å². The molecule has 0 saturated carbocycles. The van der Waals surface area contributed by atoms with Crippen molar-refractivity contribution >= 4 is 45.0 Å². The highest BCUT2D eigenvalue weighted by Gasteiger charge is 2.13. The average molecular weight is 428 g/mol. The maximum absolute atomic E-state index is 8.21. The lowest BCUT2D eigenvalue weighted by atomic mass is 9.96. The zero-order valence-corrected chi connectivity index (χ0v) is 18.6. The molecule has 33 heavy (non-hydrogen) atoms. The lowest BCUT2D eigenvalue weighted by Crippen LogP contribution is -2.00. The maximum atomic E-state index is 8.21. The normalized spacial score (nSPS) is 16.3. The Balaban J connectivity index is 1.61. The van der Waals surface area contributed by atoms with Crippen LogP contribution in [-0.2, 0) is 0 Å². The fraction of sp³-hybridized carbons (Fsp3) is 0.0333. The van der Waals surface area contributed by atoms with E-state index in [0.29, 0.717) is 0 Å². The van der Waals surface area contributed by atoms with Gasteiger partial charge in [0.1, 0.15) is 0 Å². The van der Waals surface area contributed by atoms with Crippen molar-refractivity contribution in [2.24, 2.45) is 0 Å². The zero-order valence-electron chi connectivity index (χ0n) is 18.6. The molecule has 3 nitrogen and oxygen atoms in total. The van der Waals surface area contributed by atoms with Crippen LogP contribution in [-0.4, -0.2) is 10.8 Å². The van der Waals surface area contributed by atoms with Gasteiger partial charge in [0.2, 0.25) is 0 Å². The predicted octanol–water partition coefficient (Wildman–Crippen LogP) is 7.73. The largest absolute Gasteiger partial charge is 0.361 e. The van der Waals surface area contributed by atoms with Crippen LogP contribution in [0.3, 0.4) is 0 Å². The number of aryl methyl sites for hydroxylation is 1. The van der Waals surface area contributed by atoms with Gasteiger partial charge in [-0.25, -0.2) is 0 Å². The molecule has 4 aromatic rings. The Kier molecular flexibility index (Phi) is 5.15. The van der Waals surface area contributed by atoms with Gasteiger partial charge < -0.3 is 15.3 Å². The van der Waals surface area contributed by atoms with Crippen LogP contribution in [0, 0.1) is 12.3 Å². The zero-order chi connectivity index (χ0) is 22.9. The smallest absolute Gasteiger partial charge is 0.0643 e. The topological polar surface area (TPSA) is 40.8 Å². The van der Waals surface area contributed by atoms with E-state index in [4.69, 9.17) is 5.41 Å². The average Bonchev–Trinajstić information content (AvgIpc) is 3.16. The van der Waals surface area contributed by atoms with E-state index < -0.39 is 0 Å².